The highest BCUT2D eigenvalue weighted by atomic mass is 16.7. The number of rotatable bonds is 13. The smallest absolute Gasteiger partial charge is 0.331 e. The fraction of sp³-hybridized carbons (Fsp3) is 0.516. The molecule has 0 saturated carbocycles. The molecule has 2 aliphatic rings. The van der Waals surface area contributed by atoms with Crippen LogP contribution in [0, 0.1) is 0 Å². The summed E-state index contributed by atoms with van der Waals surface area (Å²) in [6.45, 7) is -1.55. The van der Waals surface area contributed by atoms with Gasteiger partial charge in [-0.25, -0.2) is 4.79 Å². The molecule has 0 amide bonds. The second-order valence-electron chi connectivity index (χ2n) is 10.8. The Morgan fingerprint density at radius 1 is 0.787 bits per heavy atom. The number of hydrogen-bond donors (Lipinski definition) is 8. The summed E-state index contributed by atoms with van der Waals surface area (Å²) in [4.78, 5) is 12.9. The topological polar surface area (TPSA) is 244 Å². The number of carbonyl (C=O) groups excluding carboxylic acids is 1. The lowest BCUT2D eigenvalue weighted by molar-refractivity contribution is -0.360. The predicted octanol–water partition coefficient (Wildman–Crippen LogP) is -1.44. The molecule has 2 aliphatic heterocycles. The molecule has 0 aliphatic carbocycles. The molecule has 2 saturated heterocycles. The van der Waals surface area contributed by atoms with Crippen LogP contribution in [0.15, 0.2) is 42.5 Å². The third kappa shape index (κ3) is 8.68. The number of aliphatic hydroxyl groups is 6. The van der Waals surface area contributed by atoms with Gasteiger partial charge in [-0.2, -0.15) is 0 Å². The summed E-state index contributed by atoms with van der Waals surface area (Å²) in [6, 6.07) is 9.06. The van der Waals surface area contributed by atoms with Crippen molar-refractivity contribution < 1.29 is 78.8 Å². The molecule has 2 fully saturated rings. The molecule has 10 atom stereocenters. The van der Waals surface area contributed by atoms with Gasteiger partial charge in [-0.05, 0) is 47.9 Å². The third-order valence-corrected chi connectivity index (χ3v) is 7.72. The summed E-state index contributed by atoms with van der Waals surface area (Å²) in [7, 11) is 2.77. The van der Waals surface area contributed by atoms with Crippen LogP contribution in [0.3, 0.4) is 0 Å². The van der Waals surface area contributed by atoms with E-state index in [1.165, 1.54) is 44.6 Å². The number of phenolic OH excluding ortho intramolecular Hbond substituents is 2. The maximum absolute atomic E-state index is 12.9. The molecule has 10 unspecified atom stereocenters. The number of esters is 1. The maximum atomic E-state index is 12.9. The maximum Gasteiger partial charge on any atom is 0.331 e. The Labute approximate surface area is 269 Å². The lowest BCUT2D eigenvalue weighted by atomic mass is 9.96. The van der Waals surface area contributed by atoms with Crippen LogP contribution >= 0.6 is 0 Å². The molecule has 47 heavy (non-hydrogen) atoms. The second-order valence-corrected chi connectivity index (χ2v) is 10.8. The molecule has 0 aromatic heterocycles. The molecule has 0 radical (unpaired) electrons. The SMILES string of the molecule is COc1ccc(CCOC2OC(CO)C(OC(=O)/C=C/c3ccc(O)c(OC)c3)C(OC3OC(CO)C(O)C(O)C3O)C2O)cc1O. The van der Waals surface area contributed by atoms with Crippen LogP contribution in [0.2, 0.25) is 0 Å². The van der Waals surface area contributed by atoms with Crippen LogP contribution in [0.5, 0.6) is 23.0 Å². The van der Waals surface area contributed by atoms with Gasteiger partial charge < -0.3 is 74.0 Å². The lowest BCUT2D eigenvalue weighted by Crippen LogP contribution is -2.65. The predicted molar refractivity (Wildman–Crippen MR) is 158 cm³/mol. The molecule has 2 aromatic rings. The fourth-order valence-corrected chi connectivity index (χ4v) is 5.13. The Bertz CT molecular complexity index is 1350. The quantitative estimate of drug-likeness (QED) is 0.0900. The van der Waals surface area contributed by atoms with Crippen molar-refractivity contribution in [2.24, 2.45) is 0 Å². The van der Waals surface area contributed by atoms with Crippen molar-refractivity contribution in [2.45, 2.75) is 67.8 Å². The molecule has 4 rings (SSSR count). The zero-order chi connectivity index (χ0) is 34.2. The van der Waals surface area contributed by atoms with Gasteiger partial charge in [0.1, 0.15) is 42.7 Å². The van der Waals surface area contributed by atoms with E-state index >= 15 is 0 Å². The van der Waals surface area contributed by atoms with E-state index in [9.17, 15) is 45.6 Å². The highest BCUT2D eigenvalue weighted by Crippen LogP contribution is 2.32. The molecular formula is C31H40O16. The number of aliphatic hydroxyl groups excluding tert-OH is 6. The van der Waals surface area contributed by atoms with Gasteiger partial charge in [-0.3, -0.25) is 0 Å². The summed E-state index contributed by atoms with van der Waals surface area (Å²) in [5, 5.41) is 82.0. The third-order valence-electron chi connectivity index (χ3n) is 7.72. The number of benzene rings is 2. The number of carbonyl (C=O) groups is 1. The molecule has 0 spiro atoms. The minimum absolute atomic E-state index is 0.0539. The van der Waals surface area contributed by atoms with E-state index in [0.717, 1.165) is 6.08 Å². The number of methoxy groups -OCH3 is 2. The highest BCUT2D eigenvalue weighted by molar-refractivity contribution is 5.87. The number of phenols is 2. The van der Waals surface area contributed by atoms with Crippen molar-refractivity contribution in [1.82, 2.24) is 0 Å². The van der Waals surface area contributed by atoms with Crippen LogP contribution in [0.4, 0.5) is 0 Å². The molecule has 0 bridgehead atoms. The normalized spacial score (nSPS) is 31.1. The first-order valence-electron chi connectivity index (χ1n) is 14.6. The van der Waals surface area contributed by atoms with Crippen LogP contribution in [-0.4, -0.2) is 142 Å². The average molecular weight is 669 g/mol. The largest absolute Gasteiger partial charge is 0.504 e. The Hall–Kier alpha value is -3.55. The van der Waals surface area contributed by atoms with Gasteiger partial charge in [-0.15, -0.1) is 0 Å². The summed E-state index contributed by atoms with van der Waals surface area (Å²) < 4.78 is 38.4. The van der Waals surface area contributed by atoms with Crippen LogP contribution < -0.4 is 9.47 Å². The van der Waals surface area contributed by atoms with Crippen molar-refractivity contribution in [3.05, 3.63) is 53.6 Å². The Kier molecular flexibility index (Phi) is 12.8. The van der Waals surface area contributed by atoms with Gasteiger partial charge >= 0.3 is 5.97 Å². The second kappa shape index (κ2) is 16.5. The van der Waals surface area contributed by atoms with E-state index < -0.39 is 80.6 Å². The van der Waals surface area contributed by atoms with E-state index in [1.54, 1.807) is 12.1 Å². The molecule has 2 aromatic carbocycles. The number of hydrogen-bond acceptors (Lipinski definition) is 16. The molecule has 2 heterocycles. The molecule has 260 valence electrons. The van der Waals surface area contributed by atoms with Gasteiger partial charge in [0.25, 0.3) is 0 Å². The van der Waals surface area contributed by atoms with E-state index in [0.29, 0.717) is 11.1 Å². The first kappa shape index (κ1) is 36.3. The summed E-state index contributed by atoms with van der Waals surface area (Å²) in [5.74, 6) is -0.725. The summed E-state index contributed by atoms with van der Waals surface area (Å²) in [5.41, 5.74) is 1.12. The summed E-state index contributed by atoms with van der Waals surface area (Å²) >= 11 is 0. The number of ether oxygens (including phenoxy) is 7. The van der Waals surface area contributed by atoms with Crippen molar-refractivity contribution in [2.75, 3.05) is 34.0 Å². The minimum atomic E-state index is -1.86. The standard InChI is InChI=1S/C31H40O16/c1-41-19-7-4-16(11-18(19)35)9-10-43-30-27(40)29(47-31-26(39)25(38)24(37)21(13-32)44-31)28(22(14-33)45-30)46-23(36)8-5-15-3-6-17(34)20(12-15)42-2/h3-8,11-12,21-22,24-35,37-40H,9-10,13-14H2,1-2H3/b8-5+. The molecule has 16 nitrogen and oxygen atoms in total. The molecular weight excluding hydrogens is 628 g/mol. The van der Waals surface area contributed by atoms with E-state index in [4.69, 9.17) is 33.2 Å². The van der Waals surface area contributed by atoms with Gasteiger partial charge in [-0.1, -0.05) is 12.1 Å². The van der Waals surface area contributed by atoms with Gasteiger partial charge in [0.05, 0.1) is 34.0 Å². The highest BCUT2D eigenvalue weighted by Gasteiger charge is 2.52. The number of aromatic hydroxyl groups is 2. The Morgan fingerprint density at radius 2 is 1.49 bits per heavy atom. The van der Waals surface area contributed by atoms with Gasteiger partial charge in [0, 0.05) is 6.08 Å². The first-order chi connectivity index (χ1) is 22.5. The first-order valence-corrected chi connectivity index (χ1v) is 14.6. The minimum Gasteiger partial charge on any atom is -0.504 e. The van der Waals surface area contributed by atoms with Crippen molar-refractivity contribution >= 4 is 12.0 Å². The Balaban J connectivity index is 1.53. The fourth-order valence-electron chi connectivity index (χ4n) is 5.13. The van der Waals surface area contributed by atoms with E-state index in [-0.39, 0.29) is 36.0 Å². The van der Waals surface area contributed by atoms with Gasteiger partial charge in [0.15, 0.2) is 41.7 Å². The van der Waals surface area contributed by atoms with Crippen LogP contribution in [-0.2, 0) is 34.9 Å². The van der Waals surface area contributed by atoms with E-state index in [2.05, 4.69) is 0 Å². The Morgan fingerprint density at radius 3 is 2.15 bits per heavy atom. The molecule has 8 N–H and O–H groups in total. The van der Waals surface area contributed by atoms with Crippen molar-refractivity contribution in [1.29, 1.82) is 0 Å². The zero-order valence-electron chi connectivity index (χ0n) is 25.6. The lowest BCUT2D eigenvalue weighted by Gasteiger charge is -2.46. The van der Waals surface area contributed by atoms with Crippen LogP contribution in [0.25, 0.3) is 6.08 Å². The van der Waals surface area contributed by atoms with Gasteiger partial charge in [0.2, 0.25) is 0 Å². The monoisotopic (exact) mass is 668 g/mol. The zero-order valence-corrected chi connectivity index (χ0v) is 25.6. The van der Waals surface area contributed by atoms with E-state index in [1.807, 2.05) is 0 Å². The van der Waals surface area contributed by atoms with Crippen LogP contribution in [0.1, 0.15) is 11.1 Å². The summed E-state index contributed by atoms with van der Waals surface area (Å²) in [6.07, 6.45) is -13.5. The van der Waals surface area contributed by atoms with Crippen molar-refractivity contribution in [3.8, 4) is 23.0 Å². The average Bonchev–Trinajstić information content (AvgIpc) is 3.06. The molecule has 16 heteroatoms. The van der Waals surface area contributed by atoms with Crippen molar-refractivity contribution in [3.63, 3.8) is 0 Å².